The number of nitro groups is 1. The van der Waals surface area contributed by atoms with Gasteiger partial charge in [0.15, 0.2) is 5.78 Å². The lowest BCUT2D eigenvalue weighted by atomic mass is 9.73. The van der Waals surface area contributed by atoms with Crippen LogP contribution in [0.1, 0.15) is 42.2 Å². The van der Waals surface area contributed by atoms with Crippen molar-refractivity contribution in [2.45, 2.75) is 31.1 Å². The van der Waals surface area contributed by atoms with Crippen LogP contribution in [0.5, 0.6) is 0 Å². The first-order chi connectivity index (χ1) is 13.0. The van der Waals surface area contributed by atoms with Gasteiger partial charge in [-0.05, 0) is 23.5 Å². The molecule has 6 nitrogen and oxygen atoms in total. The minimum atomic E-state index is -0.462. The predicted octanol–water partition coefficient (Wildman–Crippen LogP) is 3.60. The van der Waals surface area contributed by atoms with Crippen molar-refractivity contribution in [1.82, 2.24) is 5.32 Å². The summed E-state index contributed by atoms with van der Waals surface area (Å²) >= 11 is 0. The molecular weight excluding hydrogens is 344 g/mol. The molecule has 1 amide bonds. The van der Waals surface area contributed by atoms with E-state index in [1.807, 2.05) is 30.3 Å². The van der Waals surface area contributed by atoms with E-state index in [0.29, 0.717) is 29.7 Å². The Morgan fingerprint density at radius 1 is 0.926 bits per heavy atom. The van der Waals surface area contributed by atoms with Crippen LogP contribution < -0.4 is 5.32 Å². The molecule has 0 bridgehead atoms. The van der Waals surface area contributed by atoms with Crippen molar-refractivity contribution >= 4 is 17.4 Å². The Bertz CT molecular complexity index is 965. The fraction of sp³-hybridized carbons (Fsp3) is 0.238. The second kappa shape index (κ2) is 6.79. The summed E-state index contributed by atoms with van der Waals surface area (Å²) in [6, 6.07) is 16.0. The third-order valence-electron chi connectivity index (χ3n) is 5.29. The van der Waals surface area contributed by atoms with Crippen LogP contribution in [0.15, 0.2) is 65.9 Å². The van der Waals surface area contributed by atoms with Crippen molar-refractivity contribution in [3.63, 3.8) is 0 Å². The lowest BCUT2D eigenvalue weighted by Crippen LogP contribution is -2.38. The molecule has 27 heavy (non-hydrogen) atoms. The molecule has 0 radical (unpaired) electrons. The highest BCUT2D eigenvalue weighted by molar-refractivity contribution is 6.02. The van der Waals surface area contributed by atoms with Crippen LogP contribution >= 0.6 is 0 Å². The number of ketones is 1. The second-order valence-electron chi connectivity index (χ2n) is 6.99. The van der Waals surface area contributed by atoms with Gasteiger partial charge in [-0.15, -0.1) is 0 Å². The third-order valence-corrected chi connectivity index (χ3v) is 5.29. The van der Waals surface area contributed by atoms with Crippen LogP contribution in [0.3, 0.4) is 0 Å². The Morgan fingerprint density at radius 3 is 2.41 bits per heavy atom. The molecule has 2 aromatic carbocycles. The van der Waals surface area contributed by atoms with E-state index in [-0.39, 0.29) is 29.7 Å². The van der Waals surface area contributed by atoms with E-state index in [0.717, 1.165) is 5.56 Å². The SMILES string of the molecule is O=C1CC(c2cccc([N+](=O)[O-])c2)C2=C(CC(c3ccccc3)CC2=O)N1. The normalized spacial score (nSPS) is 22.2. The maximum Gasteiger partial charge on any atom is 0.269 e. The number of hydrogen-bond donors (Lipinski definition) is 1. The minimum absolute atomic E-state index is 0.00149. The van der Waals surface area contributed by atoms with Gasteiger partial charge in [-0.3, -0.25) is 19.7 Å². The van der Waals surface area contributed by atoms with Gasteiger partial charge in [0.25, 0.3) is 5.69 Å². The van der Waals surface area contributed by atoms with Crippen molar-refractivity contribution in [2.24, 2.45) is 0 Å². The topological polar surface area (TPSA) is 89.3 Å². The van der Waals surface area contributed by atoms with Crippen molar-refractivity contribution in [3.8, 4) is 0 Å². The number of amides is 1. The molecular formula is C21H18N2O4. The van der Waals surface area contributed by atoms with E-state index >= 15 is 0 Å². The predicted molar refractivity (Wildman–Crippen MR) is 99.0 cm³/mol. The molecule has 0 aromatic heterocycles. The Labute approximate surface area is 156 Å². The molecule has 4 rings (SSSR count). The van der Waals surface area contributed by atoms with Gasteiger partial charge in [-0.1, -0.05) is 42.5 Å². The summed E-state index contributed by atoms with van der Waals surface area (Å²) in [7, 11) is 0. The van der Waals surface area contributed by atoms with Crippen LogP contribution in [0.2, 0.25) is 0 Å². The van der Waals surface area contributed by atoms with Crippen LogP contribution in [-0.4, -0.2) is 16.6 Å². The summed E-state index contributed by atoms with van der Waals surface area (Å²) in [5.74, 6) is -0.562. The number of Topliss-reactive ketones (excluding diaryl/α,β-unsaturated/α-hetero) is 1. The molecule has 136 valence electrons. The number of benzene rings is 2. The van der Waals surface area contributed by atoms with Gasteiger partial charge < -0.3 is 5.32 Å². The van der Waals surface area contributed by atoms with Crippen LogP contribution in [0.4, 0.5) is 5.69 Å². The van der Waals surface area contributed by atoms with Crippen LogP contribution in [0, 0.1) is 10.1 Å². The number of hydrogen-bond acceptors (Lipinski definition) is 4. The summed E-state index contributed by atoms with van der Waals surface area (Å²) in [6.07, 6.45) is 1.09. The van der Waals surface area contributed by atoms with E-state index in [2.05, 4.69) is 5.32 Å². The Morgan fingerprint density at radius 2 is 1.67 bits per heavy atom. The molecule has 6 heteroatoms. The summed E-state index contributed by atoms with van der Waals surface area (Å²) in [5.41, 5.74) is 2.93. The summed E-state index contributed by atoms with van der Waals surface area (Å²) < 4.78 is 0. The quantitative estimate of drug-likeness (QED) is 0.667. The average Bonchev–Trinajstić information content (AvgIpc) is 2.67. The molecule has 2 atom stereocenters. The first-order valence-electron chi connectivity index (χ1n) is 8.88. The second-order valence-corrected chi connectivity index (χ2v) is 6.99. The lowest BCUT2D eigenvalue weighted by Gasteiger charge is -2.34. The van der Waals surface area contributed by atoms with Crippen LogP contribution in [0.25, 0.3) is 0 Å². The fourth-order valence-corrected chi connectivity index (χ4v) is 4.06. The van der Waals surface area contributed by atoms with Gasteiger partial charge in [-0.25, -0.2) is 0 Å². The summed E-state index contributed by atoms with van der Waals surface area (Å²) in [4.78, 5) is 35.9. The molecule has 1 heterocycles. The monoisotopic (exact) mass is 362 g/mol. The molecule has 2 aliphatic rings. The third kappa shape index (κ3) is 3.26. The number of nitrogens with zero attached hydrogens (tertiary/aromatic N) is 1. The molecule has 1 aliphatic heterocycles. The first kappa shape index (κ1) is 17.1. The van der Waals surface area contributed by atoms with E-state index in [1.54, 1.807) is 12.1 Å². The molecule has 0 fully saturated rings. The molecule has 1 N–H and O–H groups in total. The van der Waals surface area contributed by atoms with E-state index in [9.17, 15) is 19.7 Å². The highest BCUT2D eigenvalue weighted by Gasteiger charge is 2.38. The van der Waals surface area contributed by atoms with E-state index < -0.39 is 10.8 Å². The van der Waals surface area contributed by atoms with Crippen molar-refractivity contribution in [1.29, 1.82) is 0 Å². The van der Waals surface area contributed by atoms with E-state index in [1.165, 1.54) is 12.1 Å². The highest BCUT2D eigenvalue weighted by atomic mass is 16.6. The Hall–Kier alpha value is -3.28. The largest absolute Gasteiger partial charge is 0.329 e. The van der Waals surface area contributed by atoms with Crippen molar-refractivity contribution < 1.29 is 14.5 Å². The van der Waals surface area contributed by atoms with Gasteiger partial charge >= 0.3 is 0 Å². The van der Waals surface area contributed by atoms with Crippen molar-refractivity contribution in [3.05, 3.63) is 87.1 Å². The number of rotatable bonds is 3. The lowest BCUT2D eigenvalue weighted by molar-refractivity contribution is -0.384. The molecule has 2 unspecified atom stereocenters. The zero-order chi connectivity index (χ0) is 19.0. The molecule has 2 aromatic rings. The van der Waals surface area contributed by atoms with Crippen molar-refractivity contribution in [2.75, 3.05) is 0 Å². The van der Waals surface area contributed by atoms with Gasteiger partial charge in [-0.2, -0.15) is 0 Å². The van der Waals surface area contributed by atoms with Gasteiger partial charge in [0.05, 0.1) is 4.92 Å². The molecule has 0 spiro atoms. The number of nitrogens with one attached hydrogen (secondary N) is 1. The van der Waals surface area contributed by atoms with Gasteiger partial charge in [0.1, 0.15) is 0 Å². The number of allylic oxidation sites excluding steroid dienone is 2. The van der Waals surface area contributed by atoms with Crippen LogP contribution in [-0.2, 0) is 9.59 Å². The fourth-order valence-electron chi connectivity index (χ4n) is 4.06. The number of carbonyl (C=O) groups excluding carboxylic acids is 2. The summed E-state index contributed by atoms with van der Waals surface area (Å²) in [6.45, 7) is 0. The zero-order valence-corrected chi connectivity index (χ0v) is 14.6. The zero-order valence-electron chi connectivity index (χ0n) is 14.6. The summed E-state index contributed by atoms with van der Waals surface area (Å²) in [5, 5.41) is 14.0. The minimum Gasteiger partial charge on any atom is -0.329 e. The molecule has 0 saturated heterocycles. The molecule has 1 aliphatic carbocycles. The maximum atomic E-state index is 13.0. The Kier molecular flexibility index (Phi) is 4.32. The van der Waals surface area contributed by atoms with Gasteiger partial charge in [0, 0.05) is 42.2 Å². The highest BCUT2D eigenvalue weighted by Crippen LogP contribution is 2.42. The molecule has 0 saturated carbocycles. The van der Waals surface area contributed by atoms with E-state index in [4.69, 9.17) is 0 Å². The maximum absolute atomic E-state index is 13.0. The number of nitro benzene ring substituents is 1. The number of carbonyl (C=O) groups is 2. The standard InChI is InChI=1S/C21H18N2O4/c24-19-11-15(13-5-2-1-3-6-13)10-18-21(19)17(12-20(25)22-18)14-7-4-8-16(9-14)23(26)27/h1-9,15,17H,10-12H2,(H,22,25). The Balaban J connectivity index is 1.73. The smallest absolute Gasteiger partial charge is 0.269 e. The van der Waals surface area contributed by atoms with Gasteiger partial charge in [0.2, 0.25) is 5.91 Å². The average molecular weight is 362 g/mol. The number of non-ortho nitro benzene ring substituents is 1. The first-order valence-corrected chi connectivity index (χ1v) is 8.88.